The molecule has 0 fully saturated rings. The van der Waals surface area contributed by atoms with Gasteiger partial charge in [-0.05, 0) is 36.2 Å². The molecule has 0 amide bonds. The zero-order valence-electron chi connectivity index (χ0n) is 10.4. The number of aliphatic hydroxyl groups is 1. The summed E-state index contributed by atoms with van der Waals surface area (Å²) >= 11 is 3.43. The van der Waals surface area contributed by atoms with E-state index in [4.69, 9.17) is 0 Å². The molecule has 2 N–H and O–H groups in total. The van der Waals surface area contributed by atoms with Crippen molar-refractivity contribution >= 4 is 27.7 Å². The van der Waals surface area contributed by atoms with Crippen molar-refractivity contribution in [3.8, 4) is 0 Å². The van der Waals surface area contributed by atoms with Gasteiger partial charge in [0.2, 0.25) is 5.95 Å². The standard InChI is InChI=1S/C11H19BrN4O/c1-4-13-11-14-7-9(12)10(15-11)16(3)6-5-8(2)17/h7-8,17H,4-6H2,1-3H3,(H,13,14,15). The van der Waals surface area contributed by atoms with Crippen LogP contribution in [0.2, 0.25) is 0 Å². The molecule has 1 atom stereocenters. The summed E-state index contributed by atoms with van der Waals surface area (Å²) in [6, 6.07) is 0. The zero-order chi connectivity index (χ0) is 12.8. The van der Waals surface area contributed by atoms with E-state index in [0.717, 1.165) is 23.4 Å². The molecule has 1 aromatic heterocycles. The first-order valence-corrected chi connectivity index (χ1v) is 6.49. The molecule has 0 bridgehead atoms. The predicted octanol–water partition coefficient (Wildman–Crippen LogP) is 1.88. The van der Waals surface area contributed by atoms with Crippen LogP contribution in [0, 0.1) is 0 Å². The van der Waals surface area contributed by atoms with E-state index >= 15 is 0 Å². The summed E-state index contributed by atoms with van der Waals surface area (Å²) in [5, 5.41) is 12.3. The van der Waals surface area contributed by atoms with E-state index in [1.807, 2.05) is 18.9 Å². The van der Waals surface area contributed by atoms with Crippen LogP contribution in [0.25, 0.3) is 0 Å². The van der Waals surface area contributed by atoms with Crippen LogP contribution in [0.5, 0.6) is 0 Å². The fraction of sp³-hybridized carbons (Fsp3) is 0.636. The van der Waals surface area contributed by atoms with Gasteiger partial charge in [0.25, 0.3) is 0 Å². The molecule has 1 heterocycles. The Kier molecular flexibility index (Phi) is 5.64. The first-order valence-electron chi connectivity index (χ1n) is 5.70. The van der Waals surface area contributed by atoms with E-state index in [-0.39, 0.29) is 6.10 Å². The molecule has 0 spiro atoms. The van der Waals surface area contributed by atoms with Crippen LogP contribution in [0.3, 0.4) is 0 Å². The van der Waals surface area contributed by atoms with Crippen molar-refractivity contribution < 1.29 is 5.11 Å². The highest BCUT2D eigenvalue weighted by Crippen LogP contribution is 2.23. The lowest BCUT2D eigenvalue weighted by molar-refractivity contribution is 0.187. The second kappa shape index (κ2) is 6.76. The van der Waals surface area contributed by atoms with Gasteiger partial charge in [0.1, 0.15) is 5.82 Å². The fourth-order valence-corrected chi connectivity index (χ4v) is 1.85. The number of hydrogen-bond acceptors (Lipinski definition) is 5. The topological polar surface area (TPSA) is 61.3 Å². The summed E-state index contributed by atoms with van der Waals surface area (Å²) in [6.45, 7) is 5.33. The number of rotatable bonds is 6. The molecule has 1 aromatic rings. The van der Waals surface area contributed by atoms with Crippen molar-refractivity contribution in [3.63, 3.8) is 0 Å². The van der Waals surface area contributed by atoms with Gasteiger partial charge >= 0.3 is 0 Å². The minimum Gasteiger partial charge on any atom is -0.393 e. The van der Waals surface area contributed by atoms with Gasteiger partial charge in [-0.15, -0.1) is 0 Å². The predicted molar refractivity (Wildman–Crippen MR) is 73.5 cm³/mol. The third-order valence-electron chi connectivity index (χ3n) is 2.30. The van der Waals surface area contributed by atoms with Crippen LogP contribution < -0.4 is 10.2 Å². The van der Waals surface area contributed by atoms with Crippen LogP contribution in [-0.4, -0.2) is 41.3 Å². The average Bonchev–Trinajstić information content (AvgIpc) is 2.29. The molecule has 17 heavy (non-hydrogen) atoms. The van der Waals surface area contributed by atoms with E-state index in [9.17, 15) is 5.11 Å². The molecule has 0 aliphatic heterocycles. The quantitative estimate of drug-likeness (QED) is 0.840. The maximum atomic E-state index is 9.27. The van der Waals surface area contributed by atoms with Crippen LogP contribution >= 0.6 is 15.9 Å². The molecule has 5 nitrogen and oxygen atoms in total. The highest BCUT2D eigenvalue weighted by Gasteiger charge is 2.10. The van der Waals surface area contributed by atoms with E-state index in [1.54, 1.807) is 13.1 Å². The number of anilines is 2. The number of halogens is 1. The van der Waals surface area contributed by atoms with Crippen molar-refractivity contribution in [2.75, 3.05) is 30.4 Å². The summed E-state index contributed by atoms with van der Waals surface area (Å²) in [6.07, 6.45) is 2.15. The maximum absolute atomic E-state index is 9.27. The van der Waals surface area contributed by atoms with E-state index in [1.165, 1.54) is 0 Å². The Labute approximate surface area is 110 Å². The van der Waals surface area contributed by atoms with Crippen molar-refractivity contribution in [1.29, 1.82) is 0 Å². The van der Waals surface area contributed by atoms with Gasteiger partial charge in [-0.3, -0.25) is 0 Å². The van der Waals surface area contributed by atoms with Crippen LogP contribution in [0.4, 0.5) is 11.8 Å². The smallest absolute Gasteiger partial charge is 0.224 e. The van der Waals surface area contributed by atoms with Crippen LogP contribution in [0.15, 0.2) is 10.7 Å². The maximum Gasteiger partial charge on any atom is 0.224 e. The van der Waals surface area contributed by atoms with Gasteiger partial charge in [0.15, 0.2) is 0 Å². The third-order valence-corrected chi connectivity index (χ3v) is 2.86. The van der Waals surface area contributed by atoms with Gasteiger partial charge in [0.05, 0.1) is 10.6 Å². The monoisotopic (exact) mass is 302 g/mol. The number of hydrogen-bond donors (Lipinski definition) is 2. The Morgan fingerprint density at radius 1 is 1.59 bits per heavy atom. The molecule has 0 radical (unpaired) electrons. The van der Waals surface area contributed by atoms with Gasteiger partial charge in [0, 0.05) is 26.3 Å². The number of nitrogens with one attached hydrogen (secondary N) is 1. The number of aliphatic hydroxyl groups excluding tert-OH is 1. The Morgan fingerprint density at radius 3 is 2.88 bits per heavy atom. The van der Waals surface area contributed by atoms with Crippen LogP contribution in [-0.2, 0) is 0 Å². The Morgan fingerprint density at radius 2 is 2.29 bits per heavy atom. The highest BCUT2D eigenvalue weighted by atomic mass is 79.9. The Hall–Kier alpha value is -0.880. The first kappa shape index (κ1) is 14.2. The van der Waals surface area contributed by atoms with E-state index in [0.29, 0.717) is 12.4 Å². The minimum absolute atomic E-state index is 0.300. The minimum atomic E-state index is -0.300. The fourth-order valence-electron chi connectivity index (χ4n) is 1.36. The number of nitrogens with zero attached hydrogens (tertiary/aromatic N) is 3. The summed E-state index contributed by atoms with van der Waals surface area (Å²) in [5.41, 5.74) is 0. The second-order valence-electron chi connectivity index (χ2n) is 3.95. The molecular weight excluding hydrogens is 284 g/mol. The molecule has 1 rings (SSSR count). The van der Waals surface area contributed by atoms with Crippen molar-refractivity contribution in [2.45, 2.75) is 26.4 Å². The van der Waals surface area contributed by atoms with E-state index in [2.05, 4.69) is 31.2 Å². The largest absolute Gasteiger partial charge is 0.393 e. The van der Waals surface area contributed by atoms with Crippen molar-refractivity contribution in [2.24, 2.45) is 0 Å². The Balaban J connectivity index is 2.76. The number of aromatic nitrogens is 2. The lowest BCUT2D eigenvalue weighted by atomic mass is 10.3. The van der Waals surface area contributed by atoms with Gasteiger partial charge in [-0.25, -0.2) is 4.98 Å². The Bertz CT molecular complexity index is 359. The third kappa shape index (κ3) is 4.47. The zero-order valence-corrected chi connectivity index (χ0v) is 12.0. The lowest BCUT2D eigenvalue weighted by Gasteiger charge is -2.20. The van der Waals surface area contributed by atoms with Crippen molar-refractivity contribution in [1.82, 2.24) is 9.97 Å². The summed E-state index contributed by atoms with van der Waals surface area (Å²) in [4.78, 5) is 10.6. The van der Waals surface area contributed by atoms with Crippen LogP contribution in [0.1, 0.15) is 20.3 Å². The lowest BCUT2D eigenvalue weighted by Crippen LogP contribution is -2.23. The average molecular weight is 303 g/mol. The first-order chi connectivity index (χ1) is 8.04. The molecule has 6 heteroatoms. The molecule has 0 saturated heterocycles. The van der Waals surface area contributed by atoms with Gasteiger partial charge < -0.3 is 15.3 Å². The highest BCUT2D eigenvalue weighted by molar-refractivity contribution is 9.10. The molecule has 96 valence electrons. The van der Waals surface area contributed by atoms with Crippen molar-refractivity contribution in [3.05, 3.63) is 10.7 Å². The van der Waals surface area contributed by atoms with Gasteiger partial charge in [-0.2, -0.15) is 4.98 Å². The molecule has 0 aliphatic carbocycles. The van der Waals surface area contributed by atoms with E-state index < -0.39 is 0 Å². The summed E-state index contributed by atoms with van der Waals surface area (Å²) < 4.78 is 0.854. The normalized spacial score (nSPS) is 12.3. The second-order valence-corrected chi connectivity index (χ2v) is 4.81. The molecule has 0 aromatic carbocycles. The summed E-state index contributed by atoms with van der Waals surface area (Å²) in [7, 11) is 1.95. The van der Waals surface area contributed by atoms with Gasteiger partial charge in [-0.1, -0.05) is 0 Å². The molecule has 1 unspecified atom stereocenters. The molecular formula is C11H19BrN4O. The summed E-state index contributed by atoms with van der Waals surface area (Å²) in [5.74, 6) is 1.45. The molecule has 0 aliphatic rings. The molecule has 0 saturated carbocycles. The SMILES string of the molecule is CCNc1ncc(Br)c(N(C)CCC(C)O)n1.